The van der Waals surface area contributed by atoms with Crippen molar-refractivity contribution in [3.8, 4) is 5.75 Å². The molecule has 0 spiro atoms. The summed E-state index contributed by atoms with van der Waals surface area (Å²) in [5, 5.41) is 8.98. The van der Waals surface area contributed by atoms with Gasteiger partial charge in [0, 0.05) is 30.7 Å². The van der Waals surface area contributed by atoms with E-state index < -0.39 is 17.4 Å². The van der Waals surface area contributed by atoms with Crippen LogP contribution in [0.15, 0.2) is 23.6 Å². The minimum Gasteiger partial charge on any atom is -0.449 e. The summed E-state index contributed by atoms with van der Waals surface area (Å²) < 4.78 is 21.5. The maximum Gasteiger partial charge on any atom is 0.511 e. The number of benzene rings is 1. The first-order valence-corrected chi connectivity index (χ1v) is 8.85. The average Bonchev–Trinajstić information content (AvgIpc) is 3.37. The van der Waals surface area contributed by atoms with Gasteiger partial charge >= 0.3 is 6.16 Å². The van der Waals surface area contributed by atoms with Crippen molar-refractivity contribution in [3.63, 3.8) is 0 Å². The molecule has 1 atom stereocenters. The molecule has 2 fully saturated rings. The van der Waals surface area contributed by atoms with E-state index in [2.05, 4.69) is 11.3 Å². The lowest BCUT2D eigenvalue weighted by Gasteiger charge is -2.24. The van der Waals surface area contributed by atoms with E-state index in [0.717, 1.165) is 25.3 Å². The van der Waals surface area contributed by atoms with Gasteiger partial charge in [-0.3, -0.25) is 4.79 Å². The van der Waals surface area contributed by atoms with Crippen LogP contribution < -0.4 is 20.8 Å². The van der Waals surface area contributed by atoms with Crippen molar-refractivity contribution in [2.24, 2.45) is 5.73 Å². The molecular formula is C19H20FN3O4. The highest BCUT2D eigenvalue weighted by Crippen LogP contribution is 2.41. The third kappa shape index (κ3) is 2.95. The minimum atomic E-state index is -1.58. The monoisotopic (exact) mass is 373 g/mol. The number of pyridine rings is 1. The summed E-state index contributed by atoms with van der Waals surface area (Å²) in [5.74, 6) is -0.884. The number of fused-ring (bicyclic) bond motifs is 1. The van der Waals surface area contributed by atoms with E-state index in [1.165, 1.54) is 6.20 Å². The summed E-state index contributed by atoms with van der Waals surface area (Å²) in [5.41, 5.74) is 6.77. The number of anilines is 1. The standard InChI is InChI=1S/C19H20FN3O4/c1-2-12-16-13(7-14(20)17(12)22-6-5-10(21)8-22)18(24)15(27-19(25)26)9-23(16)11-3-4-11/h2,7,9-11H,1,3-6,8,21H2,(H,25,26). The van der Waals surface area contributed by atoms with Gasteiger partial charge in [-0.2, -0.15) is 0 Å². The second-order valence-electron chi connectivity index (χ2n) is 7.04. The average molecular weight is 373 g/mol. The second kappa shape index (κ2) is 6.38. The Hall–Kier alpha value is -2.87. The molecule has 1 aromatic carbocycles. The van der Waals surface area contributed by atoms with Gasteiger partial charge in [-0.1, -0.05) is 12.7 Å². The summed E-state index contributed by atoms with van der Waals surface area (Å²) in [7, 11) is 0. The molecule has 1 saturated carbocycles. The van der Waals surface area contributed by atoms with Crippen LogP contribution in [-0.2, 0) is 0 Å². The van der Waals surface area contributed by atoms with Gasteiger partial charge < -0.3 is 25.0 Å². The van der Waals surface area contributed by atoms with Gasteiger partial charge in [0.1, 0.15) is 5.82 Å². The quantitative estimate of drug-likeness (QED) is 0.800. The van der Waals surface area contributed by atoms with Gasteiger partial charge in [0.2, 0.25) is 5.43 Å². The van der Waals surface area contributed by atoms with Crippen molar-refractivity contribution in [1.82, 2.24) is 4.57 Å². The summed E-state index contributed by atoms with van der Waals surface area (Å²) in [6.07, 6.45) is 3.90. The van der Waals surface area contributed by atoms with E-state index in [0.29, 0.717) is 29.9 Å². The predicted octanol–water partition coefficient (Wildman–Crippen LogP) is 2.71. The first kappa shape index (κ1) is 17.5. The van der Waals surface area contributed by atoms with E-state index in [9.17, 15) is 9.59 Å². The number of halogens is 1. The maximum atomic E-state index is 15.0. The number of ether oxygens (including phenoxy) is 1. The van der Waals surface area contributed by atoms with Crippen LogP contribution in [0.3, 0.4) is 0 Å². The van der Waals surface area contributed by atoms with Gasteiger partial charge in [0.05, 0.1) is 22.8 Å². The van der Waals surface area contributed by atoms with Crippen LogP contribution in [0.4, 0.5) is 14.9 Å². The highest BCUT2D eigenvalue weighted by atomic mass is 19.1. The van der Waals surface area contributed by atoms with Crippen LogP contribution in [0.5, 0.6) is 5.75 Å². The predicted molar refractivity (Wildman–Crippen MR) is 100.0 cm³/mol. The fraction of sp³-hybridized carbons (Fsp3) is 0.368. The number of nitrogens with two attached hydrogens (primary N) is 1. The molecule has 7 nitrogen and oxygen atoms in total. The van der Waals surface area contributed by atoms with Gasteiger partial charge in [0.25, 0.3) is 0 Å². The van der Waals surface area contributed by atoms with Crippen LogP contribution in [0, 0.1) is 5.82 Å². The molecule has 0 radical (unpaired) electrons. The molecule has 1 aliphatic carbocycles. The third-order valence-electron chi connectivity index (χ3n) is 5.13. The van der Waals surface area contributed by atoms with Gasteiger partial charge in [0.15, 0.2) is 5.75 Å². The van der Waals surface area contributed by atoms with Crippen LogP contribution in [0.2, 0.25) is 0 Å². The summed E-state index contributed by atoms with van der Waals surface area (Å²) in [6, 6.07) is 1.24. The topological polar surface area (TPSA) is 97.8 Å². The number of rotatable bonds is 4. The number of carboxylic acid groups (broad SMARTS) is 1. The zero-order valence-electron chi connectivity index (χ0n) is 14.7. The van der Waals surface area contributed by atoms with E-state index in [4.69, 9.17) is 10.8 Å². The Morgan fingerprint density at radius 3 is 2.70 bits per heavy atom. The van der Waals surface area contributed by atoms with Crippen LogP contribution in [0.1, 0.15) is 30.9 Å². The zero-order chi connectivity index (χ0) is 19.3. The molecule has 142 valence electrons. The summed E-state index contributed by atoms with van der Waals surface area (Å²) in [6.45, 7) is 4.98. The van der Waals surface area contributed by atoms with E-state index in [-0.39, 0.29) is 23.2 Å². The normalized spacial score (nSPS) is 19.5. The molecule has 2 aromatic rings. The van der Waals surface area contributed by atoms with Crippen molar-refractivity contribution in [1.29, 1.82) is 0 Å². The lowest BCUT2D eigenvalue weighted by molar-refractivity contribution is 0.143. The van der Waals surface area contributed by atoms with Crippen molar-refractivity contribution in [3.05, 3.63) is 40.4 Å². The number of hydrogen-bond acceptors (Lipinski definition) is 5. The van der Waals surface area contributed by atoms with E-state index in [1.54, 1.807) is 6.08 Å². The Labute approximate surface area is 154 Å². The second-order valence-corrected chi connectivity index (χ2v) is 7.04. The highest BCUT2D eigenvalue weighted by molar-refractivity contribution is 5.94. The Bertz CT molecular complexity index is 1010. The summed E-state index contributed by atoms with van der Waals surface area (Å²) in [4.78, 5) is 25.5. The van der Waals surface area contributed by atoms with E-state index in [1.807, 2.05) is 9.47 Å². The van der Waals surface area contributed by atoms with Crippen molar-refractivity contribution in [2.75, 3.05) is 18.0 Å². The molecule has 3 N–H and O–H groups in total. The first-order valence-electron chi connectivity index (χ1n) is 8.85. The van der Waals surface area contributed by atoms with Crippen molar-refractivity contribution in [2.45, 2.75) is 31.3 Å². The number of carbonyl (C=O) groups is 1. The summed E-state index contributed by atoms with van der Waals surface area (Å²) >= 11 is 0. The molecule has 8 heteroatoms. The van der Waals surface area contributed by atoms with Crippen molar-refractivity contribution >= 4 is 28.8 Å². The molecule has 2 aliphatic rings. The van der Waals surface area contributed by atoms with Gasteiger partial charge in [-0.25, -0.2) is 9.18 Å². The fourth-order valence-electron chi connectivity index (χ4n) is 3.80. The lowest BCUT2D eigenvalue weighted by Crippen LogP contribution is -2.28. The molecule has 27 heavy (non-hydrogen) atoms. The SMILES string of the molecule is C=Cc1c(N2CCC(N)C2)c(F)cc2c(=O)c(OC(=O)O)cn(C3CC3)c12. The molecule has 0 bridgehead atoms. The lowest BCUT2D eigenvalue weighted by atomic mass is 10.0. The zero-order valence-corrected chi connectivity index (χ0v) is 14.7. The molecular weight excluding hydrogens is 353 g/mol. The number of aromatic nitrogens is 1. The Morgan fingerprint density at radius 2 is 2.15 bits per heavy atom. The highest BCUT2D eigenvalue weighted by Gasteiger charge is 2.31. The third-order valence-corrected chi connectivity index (χ3v) is 5.13. The maximum absolute atomic E-state index is 15.0. The molecule has 1 aromatic heterocycles. The minimum absolute atomic E-state index is 0.0327. The van der Waals surface area contributed by atoms with Crippen LogP contribution in [0.25, 0.3) is 17.0 Å². The molecule has 0 amide bonds. The molecule has 4 rings (SSSR count). The molecule has 1 aliphatic heterocycles. The van der Waals surface area contributed by atoms with E-state index >= 15 is 4.39 Å². The molecule has 1 saturated heterocycles. The Morgan fingerprint density at radius 1 is 1.41 bits per heavy atom. The molecule has 2 heterocycles. The smallest absolute Gasteiger partial charge is 0.449 e. The number of nitrogens with zero attached hydrogens (tertiary/aromatic N) is 2. The molecule has 1 unspecified atom stereocenters. The Balaban J connectivity index is 2.02. The largest absolute Gasteiger partial charge is 0.511 e. The fourth-order valence-corrected chi connectivity index (χ4v) is 3.80. The van der Waals surface area contributed by atoms with Crippen molar-refractivity contribution < 1.29 is 19.0 Å². The van der Waals surface area contributed by atoms with Gasteiger partial charge in [-0.05, 0) is 25.3 Å². The van der Waals surface area contributed by atoms with Gasteiger partial charge in [-0.15, -0.1) is 0 Å². The van der Waals surface area contributed by atoms with Crippen LogP contribution >= 0.6 is 0 Å². The number of hydrogen-bond donors (Lipinski definition) is 2. The Kier molecular flexibility index (Phi) is 4.15. The van der Waals surface area contributed by atoms with Crippen LogP contribution in [-0.4, -0.2) is 35.0 Å². The first-order chi connectivity index (χ1) is 12.9.